The molecule has 2 aromatic carbocycles. The van der Waals surface area contributed by atoms with Crippen molar-refractivity contribution < 1.29 is 14.4 Å². The van der Waals surface area contributed by atoms with Crippen LogP contribution in [0.2, 0.25) is 0 Å². The number of fused-ring (bicyclic) bond motifs is 1. The second kappa shape index (κ2) is 10.7. The summed E-state index contributed by atoms with van der Waals surface area (Å²) < 4.78 is 0. The largest absolute Gasteiger partial charge is 0.351 e. The summed E-state index contributed by atoms with van der Waals surface area (Å²) in [5.41, 5.74) is 2.47. The number of unbranched alkanes of at least 4 members (excludes halogenated alkanes) is 1. The summed E-state index contributed by atoms with van der Waals surface area (Å²) in [7, 11) is 0. The number of hydrogen-bond donors (Lipinski definition) is 1. The van der Waals surface area contributed by atoms with Gasteiger partial charge in [-0.25, -0.2) is 0 Å². The second-order valence-electron chi connectivity index (χ2n) is 8.74. The van der Waals surface area contributed by atoms with Crippen LogP contribution in [0, 0.1) is 0 Å². The highest BCUT2D eigenvalue weighted by molar-refractivity contribution is 6.22. The summed E-state index contributed by atoms with van der Waals surface area (Å²) in [4.78, 5) is 43.8. The van der Waals surface area contributed by atoms with Crippen molar-refractivity contribution in [1.29, 1.82) is 0 Å². The first kappa shape index (κ1) is 23.1. The zero-order chi connectivity index (χ0) is 23.2. The van der Waals surface area contributed by atoms with Crippen molar-refractivity contribution >= 4 is 17.7 Å². The number of piperazine rings is 1. The Labute approximate surface area is 195 Å². The summed E-state index contributed by atoms with van der Waals surface area (Å²) in [5, 5.41) is 2.96. The van der Waals surface area contributed by atoms with Crippen molar-refractivity contribution in [3.05, 3.63) is 70.8 Å². The molecule has 2 aromatic rings. The average molecular weight is 449 g/mol. The van der Waals surface area contributed by atoms with Crippen LogP contribution in [0.15, 0.2) is 48.5 Å². The number of benzene rings is 2. The number of nitrogens with zero attached hydrogens (tertiary/aromatic N) is 3. The van der Waals surface area contributed by atoms with Crippen molar-refractivity contribution in [2.45, 2.75) is 26.3 Å². The Bertz CT molecular complexity index is 1000. The lowest BCUT2D eigenvalue weighted by atomic mass is 10.1. The van der Waals surface area contributed by atoms with E-state index >= 15 is 0 Å². The van der Waals surface area contributed by atoms with Crippen LogP contribution in [0.25, 0.3) is 0 Å². The summed E-state index contributed by atoms with van der Waals surface area (Å²) in [6.07, 6.45) is 1.68. The minimum atomic E-state index is -0.300. The van der Waals surface area contributed by atoms with Crippen molar-refractivity contribution in [3.8, 4) is 0 Å². The Morgan fingerprint density at radius 2 is 1.58 bits per heavy atom. The molecule has 1 saturated heterocycles. The molecule has 33 heavy (non-hydrogen) atoms. The van der Waals surface area contributed by atoms with Gasteiger partial charge in [0, 0.05) is 57.9 Å². The third-order valence-electron chi connectivity index (χ3n) is 6.40. The van der Waals surface area contributed by atoms with E-state index in [2.05, 4.69) is 39.4 Å². The SMILES string of the molecule is CCCCN1C(=O)c2ccc(C(=O)NCCN3CCN(Cc4ccccc4)CC3)cc2C1=O. The first-order valence-electron chi connectivity index (χ1n) is 11.8. The summed E-state index contributed by atoms with van der Waals surface area (Å²) in [5.74, 6) is -0.777. The van der Waals surface area contributed by atoms with Gasteiger partial charge in [-0.05, 0) is 30.2 Å². The lowest BCUT2D eigenvalue weighted by Gasteiger charge is -2.34. The Hall–Kier alpha value is -3.03. The lowest BCUT2D eigenvalue weighted by Crippen LogP contribution is -2.48. The van der Waals surface area contributed by atoms with Crippen LogP contribution < -0.4 is 5.32 Å². The van der Waals surface area contributed by atoms with Crippen LogP contribution in [-0.4, -0.2) is 78.2 Å². The summed E-state index contributed by atoms with van der Waals surface area (Å²) >= 11 is 0. The molecule has 174 valence electrons. The molecule has 2 aliphatic heterocycles. The van der Waals surface area contributed by atoms with Crippen molar-refractivity contribution in [2.24, 2.45) is 0 Å². The topological polar surface area (TPSA) is 73.0 Å². The predicted octanol–water partition coefficient (Wildman–Crippen LogP) is 2.63. The molecule has 0 aliphatic carbocycles. The number of carbonyl (C=O) groups is 3. The van der Waals surface area contributed by atoms with Crippen molar-refractivity contribution in [2.75, 3.05) is 45.8 Å². The van der Waals surface area contributed by atoms with E-state index in [0.29, 0.717) is 29.8 Å². The van der Waals surface area contributed by atoms with E-state index in [4.69, 9.17) is 0 Å². The molecule has 7 nitrogen and oxygen atoms in total. The van der Waals surface area contributed by atoms with Gasteiger partial charge in [-0.1, -0.05) is 43.7 Å². The maximum atomic E-state index is 12.6. The van der Waals surface area contributed by atoms with Gasteiger partial charge in [-0.15, -0.1) is 0 Å². The summed E-state index contributed by atoms with van der Waals surface area (Å²) in [6, 6.07) is 15.3. The third-order valence-corrected chi connectivity index (χ3v) is 6.40. The van der Waals surface area contributed by atoms with Gasteiger partial charge in [0.05, 0.1) is 11.1 Å². The predicted molar refractivity (Wildman–Crippen MR) is 127 cm³/mol. The molecule has 2 aliphatic rings. The zero-order valence-electron chi connectivity index (χ0n) is 19.3. The monoisotopic (exact) mass is 448 g/mol. The zero-order valence-corrected chi connectivity index (χ0v) is 19.3. The van der Waals surface area contributed by atoms with Gasteiger partial charge in [0.15, 0.2) is 0 Å². The van der Waals surface area contributed by atoms with Gasteiger partial charge in [0.25, 0.3) is 17.7 Å². The number of carbonyl (C=O) groups excluding carboxylic acids is 3. The first-order valence-corrected chi connectivity index (χ1v) is 11.8. The smallest absolute Gasteiger partial charge is 0.261 e. The van der Waals surface area contributed by atoms with Gasteiger partial charge in [-0.3, -0.25) is 29.1 Å². The van der Waals surface area contributed by atoms with E-state index in [1.807, 2.05) is 13.0 Å². The first-order chi connectivity index (χ1) is 16.1. The molecule has 0 atom stereocenters. The minimum absolute atomic E-state index is 0.215. The Balaban J connectivity index is 1.23. The maximum absolute atomic E-state index is 12.6. The Morgan fingerprint density at radius 1 is 0.879 bits per heavy atom. The molecule has 0 aromatic heterocycles. The molecule has 1 N–H and O–H groups in total. The van der Waals surface area contributed by atoms with E-state index in [9.17, 15) is 14.4 Å². The highest BCUT2D eigenvalue weighted by Crippen LogP contribution is 2.24. The van der Waals surface area contributed by atoms with Gasteiger partial charge < -0.3 is 5.32 Å². The molecular weight excluding hydrogens is 416 g/mol. The van der Waals surface area contributed by atoms with Gasteiger partial charge in [-0.2, -0.15) is 0 Å². The molecule has 4 rings (SSSR count). The standard InChI is InChI=1S/C26H32N4O3/c1-2-3-12-30-25(32)22-10-9-21(18-23(22)26(30)33)24(31)27-11-13-28-14-16-29(17-15-28)19-20-7-5-4-6-8-20/h4-10,18H,2-3,11-17,19H2,1H3,(H,27,31). The van der Waals surface area contributed by atoms with Crippen LogP contribution in [0.1, 0.15) is 56.4 Å². The molecule has 7 heteroatoms. The molecule has 0 spiro atoms. The second-order valence-corrected chi connectivity index (χ2v) is 8.74. The van der Waals surface area contributed by atoms with Crippen molar-refractivity contribution in [3.63, 3.8) is 0 Å². The average Bonchev–Trinajstić information content (AvgIpc) is 3.08. The highest BCUT2D eigenvalue weighted by atomic mass is 16.2. The molecule has 0 unspecified atom stereocenters. The number of nitrogens with one attached hydrogen (secondary N) is 1. The van der Waals surface area contributed by atoms with E-state index in [1.165, 1.54) is 10.5 Å². The Morgan fingerprint density at radius 3 is 2.30 bits per heavy atom. The maximum Gasteiger partial charge on any atom is 0.261 e. The number of amides is 3. The fourth-order valence-corrected chi connectivity index (χ4v) is 4.39. The normalized spacial score (nSPS) is 16.8. The van der Waals surface area contributed by atoms with E-state index in [0.717, 1.165) is 52.1 Å². The van der Waals surface area contributed by atoms with Gasteiger partial charge in [0.1, 0.15) is 0 Å². The molecule has 3 amide bonds. The van der Waals surface area contributed by atoms with Gasteiger partial charge in [0.2, 0.25) is 0 Å². The van der Waals surface area contributed by atoms with Crippen LogP contribution >= 0.6 is 0 Å². The van der Waals surface area contributed by atoms with Crippen LogP contribution in [0.3, 0.4) is 0 Å². The van der Waals surface area contributed by atoms with E-state index < -0.39 is 0 Å². The fraction of sp³-hybridized carbons (Fsp3) is 0.423. The Kier molecular flexibility index (Phi) is 7.52. The van der Waals surface area contributed by atoms with E-state index in [-0.39, 0.29) is 17.7 Å². The van der Waals surface area contributed by atoms with Crippen LogP contribution in [-0.2, 0) is 6.54 Å². The summed E-state index contributed by atoms with van der Waals surface area (Å²) in [6.45, 7) is 8.73. The number of hydrogen-bond acceptors (Lipinski definition) is 5. The molecule has 2 heterocycles. The lowest BCUT2D eigenvalue weighted by molar-refractivity contribution is 0.0652. The molecule has 0 bridgehead atoms. The molecule has 1 fully saturated rings. The molecular formula is C26H32N4O3. The van der Waals surface area contributed by atoms with Crippen molar-refractivity contribution in [1.82, 2.24) is 20.0 Å². The number of rotatable bonds is 9. The van der Waals surface area contributed by atoms with E-state index in [1.54, 1.807) is 18.2 Å². The van der Waals surface area contributed by atoms with Gasteiger partial charge >= 0.3 is 0 Å². The minimum Gasteiger partial charge on any atom is -0.351 e. The van der Waals surface area contributed by atoms with Crippen LogP contribution in [0.4, 0.5) is 0 Å². The highest BCUT2D eigenvalue weighted by Gasteiger charge is 2.35. The quantitative estimate of drug-likeness (QED) is 0.597. The fourth-order valence-electron chi connectivity index (χ4n) is 4.39. The molecule has 0 radical (unpaired) electrons. The molecule has 0 saturated carbocycles. The third kappa shape index (κ3) is 5.49. The van der Waals surface area contributed by atoms with Crippen LogP contribution in [0.5, 0.6) is 0 Å². The number of imide groups is 1.